The number of nitrogens with zero attached hydrogens (tertiary/aromatic N) is 2. The third-order valence-corrected chi connectivity index (χ3v) is 3.18. The molecule has 112 valence electrons. The van der Waals surface area contributed by atoms with E-state index in [-0.39, 0.29) is 6.03 Å². The molecule has 0 heterocycles. The summed E-state index contributed by atoms with van der Waals surface area (Å²) < 4.78 is 0. The quantitative estimate of drug-likeness (QED) is 0.662. The Hall–Kier alpha value is -1.30. The molecule has 0 rings (SSSR count). The molecule has 2 amide bonds. The number of carboxylic acids is 1. The zero-order valence-electron chi connectivity index (χ0n) is 12.5. The highest BCUT2D eigenvalue weighted by Crippen LogP contribution is 1.97. The molecule has 1 unspecified atom stereocenters. The predicted octanol–water partition coefficient (Wildman–Crippen LogP) is 1.22. The van der Waals surface area contributed by atoms with Gasteiger partial charge in [0.15, 0.2) is 0 Å². The molecule has 0 saturated carbocycles. The highest BCUT2D eigenvalue weighted by Gasteiger charge is 2.17. The molecular weight excluding hydrogens is 246 g/mol. The molecule has 0 spiro atoms. The van der Waals surface area contributed by atoms with Crippen LogP contribution in [-0.4, -0.2) is 65.7 Å². The average Bonchev–Trinajstić information content (AvgIpc) is 2.38. The summed E-state index contributed by atoms with van der Waals surface area (Å²) in [5.74, 6) is -1.02. The number of carbonyl (C=O) groups is 2. The molecule has 0 aliphatic carbocycles. The maximum atomic E-state index is 11.8. The van der Waals surface area contributed by atoms with Gasteiger partial charge in [0.05, 0.1) is 0 Å². The third kappa shape index (κ3) is 7.00. The molecule has 6 nitrogen and oxygen atoms in total. The number of urea groups is 1. The van der Waals surface area contributed by atoms with E-state index in [1.165, 1.54) is 6.92 Å². The van der Waals surface area contributed by atoms with Crippen LogP contribution in [0.2, 0.25) is 0 Å². The Bertz CT molecular complexity index is 280. The molecule has 0 aliphatic heterocycles. The minimum atomic E-state index is -1.02. The van der Waals surface area contributed by atoms with E-state index >= 15 is 0 Å². The summed E-state index contributed by atoms with van der Waals surface area (Å²) in [5, 5.41) is 11.2. The molecule has 0 aliphatic rings. The van der Waals surface area contributed by atoms with Crippen molar-refractivity contribution >= 4 is 12.0 Å². The summed E-state index contributed by atoms with van der Waals surface area (Å²) >= 11 is 0. The van der Waals surface area contributed by atoms with Crippen LogP contribution in [-0.2, 0) is 4.79 Å². The van der Waals surface area contributed by atoms with Gasteiger partial charge < -0.3 is 20.2 Å². The van der Waals surface area contributed by atoms with Gasteiger partial charge in [0.2, 0.25) is 0 Å². The van der Waals surface area contributed by atoms with Crippen LogP contribution in [0.1, 0.15) is 34.1 Å². The molecule has 2 N–H and O–H groups in total. The van der Waals surface area contributed by atoms with E-state index in [2.05, 4.69) is 24.1 Å². The standard InChI is InChI=1S/C13H27N3O3/c1-5-15(6-2)9-8-10-16(7-3)13(19)14-11(4)12(17)18/h11H,5-10H2,1-4H3,(H,14,19)(H,17,18). The van der Waals surface area contributed by atoms with Crippen LogP contribution in [0.5, 0.6) is 0 Å². The zero-order valence-corrected chi connectivity index (χ0v) is 12.5. The number of hydrogen-bond acceptors (Lipinski definition) is 3. The maximum absolute atomic E-state index is 11.8. The van der Waals surface area contributed by atoms with E-state index in [1.54, 1.807) is 4.90 Å². The van der Waals surface area contributed by atoms with Crippen molar-refractivity contribution in [2.75, 3.05) is 32.7 Å². The van der Waals surface area contributed by atoms with Gasteiger partial charge in [-0.1, -0.05) is 13.8 Å². The fourth-order valence-corrected chi connectivity index (χ4v) is 1.77. The van der Waals surface area contributed by atoms with Crippen molar-refractivity contribution in [1.82, 2.24) is 15.1 Å². The first kappa shape index (κ1) is 17.7. The lowest BCUT2D eigenvalue weighted by molar-refractivity contribution is -0.138. The van der Waals surface area contributed by atoms with Gasteiger partial charge in [-0.3, -0.25) is 4.79 Å². The number of aliphatic carboxylic acids is 1. The van der Waals surface area contributed by atoms with Gasteiger partial charge in [0.25, 0.3) is 0 Å². The maximum Gasteiger partial charge on any atom is 0.325 e. The largest absolute Gasteiger partial charge is 0.480 e. The highest BCUT2D eigenvalue weighted by molar-refractivity contribution is 5.82. The molecule has 0 aromatic carbocycles. The van der Waals surface area contributed by atoms with Gasteiger partial charge in [0.1, 0.15) is 6.04 Å². The van der Waals surface area contributed by atoms with E-state index in [1.807, 2.05) is 6.92 Å². The van der Waals surface area contributed by atoms with Crippen LogP contribution in [0.4, 0.5) is 4.79 Å². The number of amides is 2. The summed E-state index contributed by atoms with van der Waals surface area (Å²) in [4.78, 5) is 26.5. The molecule has 1 atom stereocenters. The van der Waals surface area contributed by atoms with Crippen molar-refractivity contribution in [3.05, 3.63) is 0 Å². The van der Waals surface area contributed by atoms with Gasteiger partial charge >= 0.3 is 12.0 Å². The molecule has 0 aromatic heterocycles. The zero-order chi connectivity index (χ0) is 14.8. The van der Waals surface area contributed by atoms with E-state index in [0.717, 1.165) is 26.1 Å². The van der Waals surface area contributed by atoms with Crippen molar-refractivity contribution in [3.8, 4) is 0 Å². The van der Waals surface area contributed by atoms with Gasteiger partial charge in [-0.25, -0.2) is 4.79 Å². The van der Waals surface area contributed by atoms with Crippen LogP contribution in [0.15, 0.2) is 0 Å². The van der Waals surface area contributed by atoms with Crippen molar-refractivity contribution in [1.29, 1.82) is 0 Å². The summed E-state index contributed by atoms with van der Waals surface area (Å²) in [6.45, 7) is 11.8. The Kier molecular flexibility index (Phi) is 8.95. The second-order valence-corrected chi connectivity index (χ2v) is 4.47. The van der Waals surface area contributed by atoms with E-state index in [0.29, 0.717) is 13.1 Å². The first-order chi connectivity index (χ1) is 8.96. The lowest BCUT2D eigenvalue weighted by Crippen LogP contribution is -2.47. The predicted molar refractivity (Wildman–Crippen MR) is 75.3 cm³/mol. The number of nitrogens with one attached hydrogen (secondary N) is 1. The molecule has 0 bridgehead atoms. The number of carboxylic acid groups (broad SMARTS) is 1. The molecule has 0 fully saturated rings. The topological polar surface area (TPSA) is 72.9 Å². The van der Waals surface area contributed by atoms with Crippen LogP contribution < -0.4 is 5.32 Å². The van der Waals surface area contributed by atoms with Crippen LogP contribution >= 0.6 is 0 Å². The molecule has 0 aromatic rings. The number of carbonyl (C=O) groups excluding carboxylic acids is 1. The van der Waals surface area contributed by atoms with Gasteiger partial charge in [0, 0.05) is 13.1 Å². The Labute approximate surface area is 115 Å². The van der Waals surface area contributed by atoms with Gasteiger partial charge in [-0.05, 0) is 39.9 Å². The van der Waals surface area contributed by atoms with Crippen molar-refractivity contribution < 1.29 is 14.7 Å². The van der Waals surface area contributed by atoms with E-state index < -0.39 is 12.0 Å². The fourth-order valence-electron chi connectivity index (χ4n) is 1.77. The average molecular weight is 273 g/mol. The van der Waals surface area contributed by atoms with Crippen LogP contribution in [0, 0.1) is 0 Å². The van der Waals surface area contributed by atoms with Gasteiger partial charge in [-0.2, -0.15) is 0 Å². The molecule has 0 radical (unpaired) electrons. The summed E-state index contributed by atoms with van der Waals surface area (Å²) in [6, 6.07) is -1.17. The number of rotatable bonds is 9. The monoisotopic (exact) mass is 273 g/mol. The van der Waals surface area contributed by atoms with Crippen molar-refractivity contribution in [2.24, 2.45) is 0 Å². The van der Waals surface area contributed by atoms with Crippen molar-refractivity contribution in [3.63, 3.8) is 0 Å². The SMILES string of the molecule is CCN(CC)CCCN(CC)C(=O)NC(C)C(=O)O. The Morgan fingerprint density at radius 2 is 1.68 bits per heavy atom. The molecule has 19 heavy (non-hydrogen) atoms. The van der Waals surface area contributed by atoms with E-state index in [4.69, 9.17) is 5.11 Å². The minimum absolute atomic E-state index is 0.308. The Balaban J connectivity index is 4.12. The molecule has 0 saturated heterocycles. The van der Waals surface area contributed by atoms with Crippen molar-refractivity contribution in [2.45, 2.75) is 40.2 Å². The first-order valence-corrected chi connectivity index (χ1v) is 6.96. The Morgan fingerprint density at radius 1 is 1.11 bits per heavy atom. The normalized spacial score (nSPS) is 12.3. The second kappa shape index (κ2) is 9.61. The minimum Gasteiger partial charge on any atom is -0.480 e. The van der Waals surface area contributed by atoms with Crippen LogP contribution in [0.3, 0.4) is 0 Å². The Morgan fingerprint density at radius 3 is 2.11 bits per heavy atom. The fraction of sp³-hybridized carbons (Fsp3) is 0.846. The van der Waals surface area contributed by atoms with Crippen LogP contribution in [0.25, 0.3) is 0 Å². The highest BCUT2D eigenvalue weighted by atomic mass is 16.4. The molecular formula is C13H27N3O3. The smallest absolute Gasteiger partial charge is 0.325 e. The van der Waals surface area contributed by atoms with E-state index in [9.17, 15) is 9.59 Å². The summed E-state index contributed by atoms with van der Waals surface area (Å²) in [7, 11) is 0. The lowest BCUT2D eigenvalue weighted by atomic mass is 10.3. The first-order valence-electron chi connectivity index (χ1n) is 6.96. The number of hydrogen-bond donors (Lipinski definition) is 2. The second-order valence-electron chi connectivity index (χ2n) is 4.47. The molecule has 6 heteroatoms. The third-order valence-electron chi connectivity index (χ3n) is 3.18. The summed E-state index contributed by atoms with van der Waals surface area (Å²) in [6.07, 6.45) is 0.893. The summed E-state index contributed by atoms with van der Waals surface area (Å²) in [5.41, 5.74) is 0. The lowest BCUT2D eigenvalue weighted by Gasteiger charge is -2.24. The van der Waals surface area contributed by atoms with Gasteiger partial charge in [-0.15, -0.1) is 0 Å².